The van der Waals surface area contributed by atoms with Crippen molar-refractivity contribution in [2.24, 2.45) is 0 Å². The van der Waals surface area contributed by atoms with Crippen LogP contribution in [0.4, 0.5) is 5.13 Å². The Labute approximate surface area is 102 Å². The molecule has 0 radical (unpaired) electrons. The molecule has 1 aliphatic rings. The van der Waals surface area contributed by atoms with Crippen LogP contribution in [-0.2, 0) is 0 Å². The Kier molecular flexibility index (Phi) is 2.56. The number of aromatic nitrogens is 2. The number of fused-ring (bicyclic) bond motifs is 1. The Morgan fingerprint density at radius 3 is 3.06 bits per heavy atom. The van der Waals surface area contributed by atoms with Crippen molar-refractivity contribution in [3.05, 3.63) is 29.3 Å². The summed E-state index contributed by atoms with van der Waals surface area (Å²) in [5.41, 5.74) is 2.83. The molecule has 88 valence electrons. The zero-order valence-corrected chi connectivity index (χ0v) is 10.0. The minimum absolute atomic E-state index is 0.150. The highest BCUT2D eigenvalue weighted by molar-refractivity contribution is 7.13. The van der Waals surface area contributed by atoms with Crippen LogP contribution in [0.15, 0.2) is 23.7 Å². The lowest BCUT2D eigenvalue weighted by Crippen LogP contribution is -2.06. The standard InChI is InChI=1S/C11H11N3O2S/c1-7(13-11-14-12-5-17-11)8-2-3-9-10(4-8)16-6-15-9/h2-5,7H,6H2,1H3,(H,13,14). The molecule has 0 fully saturated rings. The first-order valence-corrected chi connectivity index (χ1v) is 6.13. The van der Waals surface area contributed by atoms with E-state index in [1.807, 2.05) is 18.2 Å². The molecule has 0 saturated carbocycles. The molecule has 1 atom stereocenters. The molecule has 1 aliphatic heterocycles. The van der Waals surface area contributed by atoms with E-state index in [9.17, 15) is 0 Å². The van der Waals surface area contributed by atoms with Crippen LogP contribution in [0.3, 0.4) is 0 Å². The van der Waals surface area contributed by atoms with E-state index in [4.69, 9.17) is 9.47 Å². The number of hydrogen-bond acceptors (Lipinski definition) is 6. The van der Waals surface area contributed by atoms with Gasteiger partial charge in [-0.2, -0.15) is 0 Å². The molecule has 2 heterocycles. The average Bonchev–Trinajstić information content (AvgIpc) is 2.97. The molecule has 0 aliphatic carbocycles. The lowest BCUT2D eigenvalue weighted by atomic mass is 10.1. The van der Waals surface area contributed by atoms with Gasteiger partial charge < -0.3 is 14.8 Å². The monoisotopic (exact) mass is 249 g/mol. The van der Waals surface area contributed by atoms with Crippen LogP contribution in [0.2, 0.25) is 0 Å². The molecule has 5 nitrogen and oxygen atoms in total. The molecule has 3 rings (SSSR count). The normalized spacial score (nSPS) is 14.6. The van der Waals surface area contributed by atoms with E-state index in [-0.39, 0.29) is 6.04 Å². The second kappa shape index (κ2) is 4.21. The van der Waals surface area contributed by atoms with Crippen molar-refractivity contribution in [3.8, 4) is 11.5 Å². The maximum absolute atomic E-state index is 5.35. The molecule has 1 N–H and O–H groups in total. The quantitative estimate of drug-likeness (QED) is 0.905. The largest absolute Gasteiger partial charge is 0.454 e. The van der Waals surface area contributed by atoms with E-state index in [0.29, 0.717) is 6.79 Å². The predicted molar refractivity (Wildman–Crippen MR) is 64.5 cm³/mol. The van der Waals surface area contributed by atoms with Crippen LogP contribution in [0.1, 0.15) is 18.5 Å². The van der Waals surface area contributed by atoms with Gasteiger partial charge in [-0.15, -0.1) is 10.2 Å². The highest BCUT2D eigenvalue weighted by Crippen LogP contribution is 2.34. The summed E-state index contributed by atoms with van der Waals surface area (Å²) in [7, 11) is 0. The summed E-state index contributed by atoms with van der Waals surface area (Å²) in [5.74, 6) is 1.60. The Bertz CT molecular complexity index is 515. The number of anilines is 1. The smallest absolute Gasteiger partial charge is 0.231 e. The summed E-state index contributed by atoms with van der Waals surface area (Å²) in [4.78, 5) is 0. The van der Waals surface area contributed by atoms with Gasteiger partial charge in [-0.05, 0) is 24.6 Å². The molecule has 6 heteroatoms. The number of ether oxygens (including phenoxy) is 2. The van der Waals surface area contributed by atoms with Crippen LogP contribution in [0.5, 0.6) is 11.5 Å². The third kappa shape index (κ3) is 2.03. The van der Waals surface area contributed by atoms with Gasteiger partial charge in [0, 0.05) is 0 Å². The lowest BCUT2D eigenvalue weighted by Gasteiger charge is -2.13. The zero-order chi connectivity index (χ0) is 11.7. The highest BCUT2D eigenvalue weighted by atomic mass is 32.1. The molecule has 0 spiro atoms. The summed E-state index contributed by atoms with van der Waals surface area (Å²) in [5, 5.41) is 11.8. The lowest BCUT2D eigenvalue weighted by molar-refractivity contribution is 0.174. The number of benzene rings is 1. The van der Waals surface area contributed by atoms with Gasteiger partial charge in [-0.25, -0.2) is 0 Å². The molecular formula is C11H11N3O2S. The number of hydrogen-bond donors (Lipinski definition) is 1. The SMILES string of the molecule is CC(Nc1nncs1)c1ccc2c(c1)OCO2. The van der Waals surface area contributed by atoms with E-state index in [2.05, 4.69) is 22.4 Å². The molecular weight excluding hydrogens is 238 g/mol. The van der Waals surface area contributed by atoms with Crippen molar-refractivity contribution in [1.82, 2.24) is 10.2 Å². The van der Waals surface area contributed by atoms with Gasteiger partial charge >= 0.3 is 0 Å². The minimum atomic E-state index is 0.150. The minimum Gasteiger partial charge on any atom is -0.454 e. The fourth-order valence-corrected chi connectivity index (χ4v) is 2.22. The molecule has 1 aromatic carbocycles. The van der Waals surface area contributed by atoms with Crippen LogP contribution >= 0.6 is 11.3 Å². The number of rotatable bonds is 3. The first-order valence-electron chi connectivity index (χ1n) is 5.25. The van der Waals surface area contributed by atoms with Gasteiger partial charge in [0.05, 0.1) is 6.04 Å². The van der Waals surface area contributed by atoms with Crippen molar-refractivity contribution in [3.63, 3.8) is 0 Å². The summed E-state index contributed by atoms with van der Waals surface area (Å²) >= 11 is 1.48. The van der Waals surface area contributed by atoms with E-state index in [0.717, 1.165) is 22.2 Å². The van der Waals surface area contributed by atoms with Crippen molar-refractivity contribution < 1.29 is 9.47 Å². The molecule has 1 aromatic heterocycles. The van der Waals surface area contributed by atoms with E-state index in [1.54, 1.807) is 5.51 Å². The molecule has 17 heavy (non-hydrogen) atoms. The average molecular weight is 249 g/mol. The highest BCUT2D eigenvalue weighted by Gasteiger charge is 2.16. The van der Waals surface area contributed by atoms with Crippen LogP contribution in [-0.4, -0.2) is 17.0 Å². The summed E-state index contributed by atoms with van der Waals surface area (Å²) in [6.45, 7) is 2.37. The maximum Gasteiger partial charge on any atom is 0.231 e. The van der Waals surface area contributed by atoms with Gasteiger partial charge in [-0.1, -0.05) is 17.4 Å². The zero-order valence-electron chi connectivity index (χ0n) is 9.21. The Morgan fingerprint density at radius 2 is 2.24 bits per heavy atom. The van der Waals surface area contributed by atoms with Crippen LogP contribution in [0.25, 0.3) is 0 Å². The van der Waals surface area contributed by atoms with Crippen molar-refractivity contribution in [1.29, 1.82) is 0 Å². The Hall–Kier alpha value is -1.82. The van der Waals surface area contributed by atoms with Gasteiger partial charge in [0.15, 0.2) is 11.5 Å². The summed E-state index contributed by atoms with van der Waals surface area (Å²) in [6, 6.07) is 6.08. The van der Waals surface area contributed by atoms with Gasteiger partial charge in [0.2, 0.25) is 11.9 Å². The first kappa shape index (κ1) is 10.3. The Morgan fingerprint density at radius 1 is 1.35 bits per heavy atom. The van der Waals surface area contributed by atoms with Crippen molar-refractivity contribution in [2.45, 2.75) is 13.0 Å². The fraction of sp³-hybridized carbons (Fsp3) is 0.273. The number of nitrogens with one attached hydrogen (secondary N) is 1. The maximum atomic E-state index is 5.35. The summed E-state index contributed by atoms with van der Waals surface area (Å²) in [6.07, 6.45) is 0. The fourth-order valence-electron chi connectivity index (χ4n) is 1.69. The van der Waals surface area contributed by atoms with E-state index < -0.39 is 0 Å². The van der Waals surface area contributed by atoms with E-state index >= 15 is 0 Å². The predicted octanol–water partition coefficient (Wildman–Crippen LogP) is 2.44. The van der Waals surface area contributed by atoms with Crippen LogP contribution in [0, 0.1) is 0 Å². The van der Waals surface area contributed by atoms with Crippen molar-refractivity contribution >= 4 is 16.5 Å². The second-order valence-electron chi connectivity index (χ2n) is 3.72. The van der Waals surface area contributed by atoms with Crippen molar-refractivity contribution in [2.75, 3.05) is 12.1 Å². The molecule has 2 aromatic rings. The van der Waals surface area contributed by atoms with Crippen LogP contribution < -0.4 is 14.8 Å². The van der Waals surface area contributed by atoms with E-state index in [1.165, 1.54) is 11.3 Å². The molecule has 0 saturated heterocycles. The van der Waals surface area contributed by atoms with Gasteiger partial charge in [-0.3, -0.25) is 0 Å². The Balaban J connectivity index is 1.79. The molecule has 1 unspecified atom stereocenters. The molecule has 0 bridgehead atoms. The number of nitrogens with zero attached hydrogens (tertiary/aromatic N) is 2. The third-order valence-corrected chi connectivity index (χ3v) is 3.22. The van der Waals surface area contributed by atoms with Gasteiger partial charge in [0.1, 0.15) is 5.51 Å². The topological polar surface area (TPSA) is 56.3 Å². The summed E-state index contributed by atoms with van der Waals surface area (Å²) < 4.78 is 10.6. The first-order chi connectivity index (χ1) is 8.33. The molecule has 0 amide bonds. The van der Waals surface area contributed by atoms with Gasteiger partial charge in [0.25, 0.3) is 0 Å². The second-order valence-corrected chi connectivity index (χ2v) is 4.56. The third-order valence-electron chi connectivity index (χ3n) is 2.60.